The van der Waals surface area contributed by atoms with Crippen LogP contribution in [0.15, 0.2) is 54.4 Å². The molecule has 3 N–H and O–H groups in total. The summed E-state index contributed by atoms with van der Waals surface area (Å²) in [7, 11) is 0. The number of carbonyl (C=O) groups is 3. The van der Waals surface area contributed by atoms with Crippen molar-refractivity contribution in [2.24, 2.45) is 10.8 Å². The van der Waals surface area contributed by atoms with Gasteiger partial charge in [0.05, 0.1) is 17.7 Å². The number of nitrogens with zero attached hydrogens (tertiary/aromatic N) is 1. The third-order valence-electron chi connectivity index (χ3n) is 8.31. The summed E-state index contributed by atoms with van der Waals surface area (Å²) in [5.41, 5.74) is -0.476. The lowest BCUT2D eigenvalue weighted by Crippen LogP contribution is -2.52. The molecule has 8 nitrogen and oxygen atoms in total. The molecule has 0 bridgehead atoms. The summed E-state index contributed by atoms with van der Waals surface area (Å²) in [6.07, 6.45) is 2.94. The number of hydrogen-bond acceptors (Lipinski definition) is 7. The van der Waals surface area contributed by atoms with Crippen LogP contribution in [-0.2, 0) is 25.5 Å². The molecule has 5 rings (SSSR count). The second-order valence-corrected chi connectivity index (χ2v) is 11.0. The van der Waals surface area contributed by atoms with E-state index in [1.807, 2.05) is 12.1 Å². The predicted molar refractivity (Wildman–Crippen MR) is 146 cm³/mol. The van der Waals surface area contributed by atoms with Gasteiger partial charge in [-0.25, -0.2) is 9.78 Å². The number of amides is 1. The highest BCUT2D eigenvalue weighted by Gasteiger charge is 2.68. The summed E-state index contributed by atoms with van der Waals surface area (Å²) in [6, 6.07) is 9.49. The topological polar surface area (TPSA) is 109 Å². The van der Waals surface area contributed by atoms with Gasteiger partial charge in [0.2, 0.25) is 5.91 Å². The average Bonchev–Trinajstić information content (AvgIpc) is 3.78. The fraction of sp³-hybridized carbons (Fsp3) is 0.467. The van der Waals surface area contributed by atoms with Crippen molar-refractivity contribution < 1.29 is 32.3 Å². The lowest BCUT2D eigenvalue weighted by atomic mass is 9.62. The number of benzene rings is 1. The van der Waals surface area contributed by atoms with Gasteiger partial charge >= 0.3 is 12.1 Å². The molecule has 1 aromatic carbocycles. The maximum atomic E-state index is 13.4. The SMILES string of the molecule is CCOC(=O)[C@H](Cc1ccc(Nc2ncccc2NC(=O)C2(C(F)(F)F)CC2)cc1)NC1=CC(=O)C12CCCCC2. The van der Waals surface area contributed by atoms with E-state index in [2.05, 4.69) is 20.9 Å². The zero-order valence-electron chi connectivity index (χ0n) is 22.8. The maximum Gasteiger partial charge on any atom is 0.403 e. The molecule has 2 aromatic rings. The quantitative estimate of drug-likeness (QED) is 0.320. The van der Waals surface area contributed by atoms with Crippen LogP contribution in [-0.4, -0.2) is 41.5 Å². The van der Waals surface area contributed by atoms with Crippen molar-refractivity contribution in [3.63, 3.8) is 0 Å². The van der Waals surface area contributed by atoms with Gasteiger partial charge in [-0.2, -0.15) is 13.2 Å². The van der Waals surface area contributed by atoms with Crippen molar-refractivity contribution in [3.05, 3.63) is 59.9 Å². The summed E-state index contributed by atoms with van der Waals surface area (Å²) < 4.78 is 45.4. The van der Waals surface area contributed by atoms with Gasteiger partial charge in [0.25, 0.3) is 0 Å². The molecule has 3 aliphatic carbocycles. The van der Waals surface area contributed by atoms with Gasteiger partial charge in [0.15, 0.2) is 11.6 Å². The number of ketones is 1. The first-order valence-corrected chi connectivity index (χ1v) is 14.0. The van der Waals surface area contributed by atoms with Crippen molar-refractivity contribution in [2.45, 2.75) is 70.5 Å². The third-order valence-corrected chi connectivity index (χ3v) is 8.31. The summed E-state index contributed by atoms with van der Waals surface area (Å²) >= 11 is 0. The first-order valence-electron chi connectivity index (χ1n) is 14.0. The van der Waals surface area contributed by atoms with Gasteiger partial charge in [0, 0.05) is 30.1 Å². The van der Waals surface area contributed by atoms with Crippen LogP contribution in [0.4, 0.5) is 30.4 Å². The standard InChI is InChI=1S/C30H33F3N4O4/c1-2-41-26(39)22(36-23-18-24(38)28(23)12-4-3-5-13-28)17-19-8-10-20(11-9-19)35-25-21(7-6-16-34-25)37-27(40)29(14-15-29)30(31,32)33/h6-11,16,18,22,36H,2-5,12-15,17H2,1H3,(H,34,35)(H,37,40)/t22-/m0/s1. The van der Waals surface area contributed by atoms with Crippen molar-refractivity contribution in [1.29, 1.82) is 0 Å². The molecule has 2 saturated carbocycles. The van der Waals surface area contributed by atoms with E-state index in [9.17, 15) is 27.6 Å². The first-order chi connectivity index (χ1) is 19.6. The lowest BCUT2D eigenvalue weighted by molar-refractivity contribution is -0.189. The molecule has 1 amide bonds. The molecule has 1 spiro atoms. The van der Waals surface area contributed by atoms with Crippen LogP contribution in [0.1, 0.15) is 57.4 Å². The zero-order chi connectivity index (χ0) is 29.3. The minimum absolute atomic E-state index is 0.119. The number of aromatic nitrogens is 1. The lowest BCUT2D eigenvalue weighted by Gasteiger charge is -2.44. The highest BCUT2D eigenvalue weighted by Crippen LogP contribution is 2.58. The molecule has 1 aromatic heterocycles. The molecule has 0 saturated heterocycles. The molecule has 1 heterocycles. The van der Waals surface area contributed by atoms with Gasteiger partial charge < -0.3 is 20.7 Å². The molecule has 0 aliphatic heterocycles. The minimum atomic E-state index is -4.61. The number of pyridine rings is 1. The minimum Gasteiger partial charge on any atom is -0.464 e. The van der Waals surface area contributed by atoms with Gasteiger partial charge in [-0.3, -0.25) is 9.59 Å². The van der Waals surface area contributed by atoms with E-state index in [4.69, 9.17) is 4.74 Å². The number of carbonyl (C=O) groups excluding carboxylic acids is 3. The Kier molecular flexibility index (Phi) is 7.80. The molecule has 11 heteroatoms. The van der Waals surface area contributed by atoms with E-state index < -0.39 is 34.9 Å². The summed E-state index contributed by atoms with van der Waals surface area (Å²) in [5.74, 6) is -1.17. The van der Waals surface area contributed by atoms with Gasteiger partial charge in [0.1, 0.15) is 11.5 Å². The highest BCUT2D eigenvalue weighted by atomic mass is 19.4. The summed E-state index contributed by atoms with van der Waals surface area (Å²) in [4.78, 5) is 42.0. The van der Waals surface area contributed by atoms with Crippen molar-refractivity contribution in [1.82, 2.24) is 10.3 Å². The normalized spacial score (nSPS) is 19.4. The van der Waals surface area contributed by atoms with Crippen molar-refractivity contribution in [2.75, 3.05) is 17.2 Å². The number of nitrogens with one attached hydrogen (secondary N) is 3. The molecule has 0 radical (unpaired) electrons. The first kappa shape index (κ1) is 28.6. The van der Waals surface area contributed by atoms with E-state index in [1.165, 1.54) is 18.3 Å². The van der Waals surface area contributed by atoms with E-state index in [1.54, 1.807) is 25.1 Å². The zero-order valence-corrected chi connectivity index (χ0v) is 22.8. The number of halogens is 3. The Morgan fingerprint density at radius 1 is 1.05 bits per heavy atom. The number of rotatable bonds is 10. The molecule has 218 valence electrons. The molecular formula is C30H33F3N4O4. The van der Waals surface area contributed by atoms with E-state index in [0.717, 1.165) is 43.4 Å². The molecule has 3 aliphatic rings. The second kappa shape index (κ2) is 11.2. The van der Waals surface area contributed by atoms with Crippen molar-refractivity contribution in [3.8, 4) is 0 Å². The summed E-state index contributed by atoms with van der Waals surface area (Å²) in [6.45, 7) is 1.97. The van der Waals surface area contributed by atoms with Crippen LogP contribution in [0.25, 0.3) is 0 Å². The largest absolute Gasteiger partial charge is 0.464 e. The van der Waals surface area contributed by atoms with Gasteiger partial charge in [-0.1, -0.05) is 31.4 Å². The Morgan fingerprint density at radius 3 is 2.37 bits per heavy atom. The smallest absolute Gasteiger partial charge is 0.403 e. The van der Waals surface area contributed by atoms with Crippen LogP contribution in [0.3, 0.4) is 0 Å². The number of allylic oxidation sites excluding steroid dienone is 2. The predicted octanol–water partition coefficient (Wildman–Crippen LogP) is 5.59. The number of anilines is 3. The van der Waals surface area contributed by atoms with Crippen LogP contribution in [0, 0.1) is 10.8 Å². The Labute approximate surface area is 236 Å². The van der Waals surface area contributed by atoms with Gasteiger partial charge in [-0.05, 0) is 62.4 Å². The molecule has 0 unspecified atom stereocenters. The third kappa shape index (κ3) is 5.67. The highest BCUT2D eigenvalue weighted by molar-refractivity contribution is 6.05. The van der Waals surface area contributed by atoms with Crippen LogP contribution >= 0.6 is 0 Å². The average molecular weight is 571 g/mol. The Balaban J connectivity index is 1.26. The Morgan fingerprint density at radius 2 is 1.76 bits per heavy atom. The molecule has 2 fully saturated rings. The molecule has 41 heavy (non-hydrogen) atoms. The summed E-state index contributed by atoms with van der Waals surface area (Å²) in [5, 5.41) is 8.74. The Bertz CT molecular complexity index is 1350. The molecule has 1 atom stereocenters. The van der Waals surface area contributed by atoms with Gasteiger partial charge in [-0.15, -0.1) is 0 Å². The number of esters is 1. The Hall–Kier alpha value is -3.89. The van der Waals surface area contributed by atoms with E-state index >= 15 is 0 Å². The van der Waals surface area contributed by atoms with Crippen LogP contribution in [0.2, 0.25) is 0 Å². The maximum absolute atomic E-state index is 13.4. The van der Waals surface area contributed by atoms with Crippen molar-refractivity contribution >= 4 is 34.9 Å². The molecular weight excluding hydrogens is 537 g/mol. The van der Waals surface area contributed by atoms with Crippen LogP contribution < -0.4 is 16.0 Å². The number of alkyl halides is 3. The number of hydrogen-bond donors (Lipinski definition) is 3. The monoisotopic (exact) mass is 570 g/mol. The fourth-order valence-corrected chi connectivity index (χ4v) is 5.65. The fourth-order valence-electron chi connectivity index (χ4n) is 5.65. The van der Waals surface area contributed by atoms with E-state index in [-0.39, 0.29) is 36.7 Å². The van der Waals surface area contributed by atoms with E-state index in [0.29, 0.717) is 12.1 Å². The second-order valence-electron chi connectivity index (χ2n) is 11.0. The van der Waals surface area contributed by atoms with Crippen LogP contribution in [0.5, 0.6) is 0 Å². The number of ether oxygens (including phenoxy) is 1.